The lowest BCUT2D eigenvalue weighted by Crippen LogP contribution is -2.56. The minimum absolute atomic E-state index is 0.503. The van der Waals surface area contributed by atoms with Crippen LogP contribution in [0.4, 0.5) is 26.3 Å². The van der Waals surface area contributed by atoms with E-state index in [9.17, 15) is 26.3 Å². The van der Waals surface area contributed by atoms with Gasteiger partial charge in [-0.1, -0.05) is 0 Å². The van der Waals surface area contributed by atoms with Crippen molar-refractivity contribution >= 4 is 5.90 Å². The molecule has 0 bridgehead atoms. The van der Waals surface area contributed by atoms with Crippen molar-refractivity contribution in [1.29, 1.82) is 0 Å². The van der Waals surface area contributed by atoms with Gasteiger partial charge >= 0.3 is 12.4 Å². The van der Waals surface area contributed by atoms with E-state index in [1.807, 2.05) is 0 Å². The molecule has 0 saturated carbocycles. The third-order valence-electron chi connectivity index (χ3n) is 2.21. The highest BCUT2D eigenvalue weighted by atomic mass is 19.4. The van der Waals surface area contributed by atoms with E-state index < -0.39 is 36.7 Å². The smallest absolute Gasteiger partial charge is 0.437 e. The Morgan fingerprint density at radius 3 is 1.88 bits per heavy atom. The lowest BCUT2D eigenvalue weighted by molar-refractivity contribution is -0.355. The fourth-order valence-electron chi connectivity index (χ4n) is 1.44. The molecule has 0 N–H and O–H groups in total. The summed E-state index contributed by atoms with van der Waals surface area (Å²) in [5, 5.41) is 4.51. The number of nitrogens with zero attached hydrogens (tertiary/aromatic N) is 2. The number of ether oxygens (including phenoxy) is 1. The maximum atomic E-state index is 12.5. The molecule has 0 atom stereocenters. The highest BCUT2D eigenvalue weighted by Crippen LogP contribution is 2.51. The number of alkyl halides is 6. The number of hydrogen-bond donors (Lipinski definition) is 0. The van der Waals surface area contributed by atoms with Crippen molar-refractivity contribution in [3.8, 4) is 0 Å². The molecule has 17 heavy (non-hydrogen) atoms. The first-order valence-corrected chi connectivity index (χ1v) is 4.57. The van der Waals surface area contributed by atoms with Crippen LogP contribution in [0.1, 0.15) is 12.8 Å². The first kappa shape index (κ1) is 13.9. The molecular formula is C8H10F6N2O. The van der Waals surface area contributed by atoms with Crippen molar-refractivity contribution < 1.29 is 31.1 Å². The molecule has 1 aliphatic heterocycles. The van der Waals surface area contributed by atoms with Crippen LogP contribution in [0.3, 0.4) is 0 Å². The molecule has 1 heterocycles. The van der Waals surface area contributed by atoms with Gasteiger partial charge in [-0.05, 0) is 0 Å². The summed E-state index contributed by atoms with van der Waals surface area (Å²) in [4.78, 5) is 0. The predicted molar refractivity (Wildman–Crippen MR) is 46.3 cm³/mol. The largest absolute Gasteiger partial charge is 0.454 e. The van der Waals surface area contributed by atoms with Gasteiger partial charge in [0, 0.05) is 26.9 Å². The van der Waals surface area contributed by atoms with E-state index in [-0.39, 0.29) is 0 Å². The van der Waals surface area contributed by atoms with Crippen molar-refractivity contribution in [3.63, 3.8) is 0 Å². The van der Waals surface area contributed by atoms with E-state index in [4.69, 9.17) is 0 Å². The monoisotopic (exact) mass is 264 g/mol. The highest BCUT2D eigenvalue weighted by molar-refractivity contribution is 5.78. The van der Waals surface area contributed by atoms with Gasteiger partial charge < -0.3 is 4.74 Å². The van der Waals surface area contributed by atoms with Crippen LogP contribution in [-0.2, 0) is 4.74 Å². The van der Waals surface area contributed by atoms with Gasteiger partial charge in [-0.3, -0.25) is 5.01 Å². The molecule has 0 spiro atoms. The van der Waals surface area contributed by atoms with E-state index in [0.717, 1.165) is 5.01 Å². The summed E-state index contributed by atoms with van der Waals surface area (Å²) in [7, 11) is 2.75. The Morgan fingerprint density at radius 1 is 1.12 bits per heavy atom. The maximum absolute atomic E-state index is 12.5. The van der Waals surface area contributed by atoms with E-state index in [1.165, 1.54) is 14.1 Å². The van der Waals surface area contributed by atoms with E-state index >= 15 is 0 Å². The van der Waals surface area contributed by atoms with E-state index in [1.54, 1.807) is 0 Å². The number of hydrogen-bond acceptors (Lipinski definition) is 3. The summed E-state index contributed by atoms with van der Waals surface area (Å²) in [6.45, 7) is 0. The molecule has 3 nitrogen and oxygen atoms in total. The molecule has 1 fully saturated rings. The standard InChI is InChI=1S/C8H10F6N2O/c1-16(2)15-5-3-4-6(17-5,7(9,10)11)8(12,13)14/h3-4H2,1-2H3/b15-5-. The Kier molecular flexibility index (Phi) is 3.23. The van der Waals surface area contributed by atoms with Crippen LogP contribution in [0.15, 0.2) is 5.10 Å². The maximum Gasteiger partial charge on any atom is 0.437 e. The molecule has 100 valence electrons. The van der Waals surface area contributed by atoms with Gasteiger partial charge in [0.1, 0.15) is 0 Å². The fraction of sp³-hybridized carbons (Fsp3) is 0.875. The highest BCUT2D eigenvalue weighted by Gasteiger charge is 2.75. The van der Waals surface area contributed by atoms with Crippen molar-refractivity contribution in [2.75, 3.05) is 14.1 Å². The summed E-state index contributed by atoms with van der Waals surface area (Å²) in [6.07, 6.45) is -12.7. The molecule has 9 heteroatoms. The van der Waals surface area contributed by atoms with E-state index in [2.05, 4.69) is 9.84 Å². The van der Waals surface area contributed by atoms with Crippen LogP contribution in [0.2, 0.25) is 0 Å². The molecule has 1 saturated heterocycles. The van der Waals surface area contributed by atoms with Crippen molar-refractivity contribution in [2.24, 2.45) is 5.10 Å². The van der Waals surface area contributed by atoms with Crippen LogP contribution < -0.4 is 0 Å². The summed E-state index contributed by atoms with van der Waals surface area (Å²) in [6, 6.07) is 0. The Balaban J connectivity index is 3.08. The molecule has 0 amide bonds. The minimum Gasteiger partial charge on any atom is -0.454 e. The van der Waals surface area contributed by atoms with Gasteiger partial charge in [0.15, 0.2) is 0 Å². The molecule has 0 aromatic heterocycles. The van der Waals surface area contributed by atoms with Crippen LogP contribution in [0.25, 0.3) is 0 Å². The molecule has 1 aliphatic rings. The predicted octanol–water partition coefficient (Wildman–Crippen LogP) is 2.54. The zero-order valence-corrected chi connectivity index (χ0v) is 8.98. The Bertz CT molecular complexity index is 305. The molecule has 0 aromatic carbocycles. The normalized spacial score (nSPS) is 22.7. The second kappa shape index (κ2) is 3.95. The van der Waals surface area contributed by atoms with Crippen LogP contribution >= 0.6 is 0 Å². The SMILES string of the molecule is CN(C)/N=C1/CCC(C(F)(F)F)(C(F)(F)F)O1. The average molecular weight is 264 g/mol. The molecule has 1 rings (SSSR count). The average Bonchev–Trinajstić information content (AvgIpc) is 2.45. The molecule has 0 radical (unpaired) electrons. The van der Waals surface area contributed by atoms with Gasteiger partial charge in [0.2, 0.25) is 5.90 Å². The summed E-state index contributed by atoms with van der Waals surface area (Å²) in [5.74, 6) is -0.565. The quantitative estimate of drug-likeness (QED) is 0.537. The van der Waals surface area contributed by atoms with Crippen molar-refractivity contribution in [3.05, 3.63) is 0 Å². The fourth-order valence-corrected chi connectivity index (χ4v) is 1.44. The Labute approximate surface area is 93.0 Å². The number of rotatable bonds is 1. The summed E-state index contributed by atoms with van der Waals surface area (Å²) >= 11 is 0. The second-order valence-corrected chi connectivity index (χ2v) is 3.77. The summed E-state index contributed by atoms with van der Waals surface area (Å²) < 4.78 is 79.1. The van der Waals surface area contributed by atoms with Crippen LogP contribution in [0, 0.1) is 0 Å². The summed E-state index contributed by atoms with van der Waals surface area (Å²) in [5.41, 5.74) is -4.13. The van der Waals surface area contributed by atoms with Crippen LogP contribution in [-0.4, -0.2) is 43.0 Å². The minimum atomic E-state index is -5.52. The van der Waals surface area contributed by atoms with Crippen LogP contribution in [0.5, 0.6) is 0 Å². The van der Waals surface area contributed by atoms with Gasteiger partial charge in [-0.2, -0.15) is 26.3 Å². The number of halogens is 6. The van der Waals surface area contributed by atoms with E-state index in [0.29, 0.717) is 0 Å². The Morgan fingerprint density at radius 2 is 1.59 bits per heavy atom. The van der Waals surface area contributed by atoms with Gasteiger partial charge in [0.05, 0.1) is 0 Å². The van der Waals surface area contributed by atoms with Gasteiger partial charge in [-0.25, -0.2) is 0 Å². The first-order chi connectivity index (χ1) is 7.49. The molecule has 0 unspecified atom stereocenters. The van der Waals surface area contributed by atoms with Crippen molar-refractivity contribution in [2.45, 2.75) is 30.8 Å². The zero-order chi connectivity index (χ0) is 13.5. The topological polar surface area (TPSA) is 24.8 Å². The molecule has 0 aromatic rings. The second-order valence-electron chi connectivity index (χ2n) is 3.77. The lowest BCUT2D eigenvalue weighted by atomic mass is 9.99. The Hall–Kier alpha value is -1.15. The third kappa shape index (κ3) is 2.42. The molecule has 0 aliphatic carbocycles. The number of hydrazone groups is 1. The molecular weight excluding hydrogens is 254 g/mol. The van der Waals surface area contributed by atoms with Gasteiger partial charge in [0.25, 0.3) is 5.60 Å². The lowest BCUT2D eigenvalue weighted by Gasteiger charge is -2.32. The van der Waals surface area contributed by atoms with Crippen molar-refractivity contribution in [1.82, 2.24) is 5.01 Å². The van der Waals surface area contributed by atoms with Gasteiger partial charge in [-0.15, -0.1) is 5.10 Å². The third-order valence-corrected chi connectivity index (χ3v) is 2.21. The first-order valence-electron chi connectivity index (χ1n) is 4.57. The zero-order valence-electron chi connectivity index (χ0n) is 8.98.